The number of unbranched alkanes of at least 4 members (excludes halogenated alkanes) is 7. The number of aryl methyl sites for hydroxylation is 1. The molecule has 2 rings (SSSR count). The summed E-state index contributed by atoms with van der Waals surface area (Å²) in [5, 5.41) is 3.25. The molecule has 0 aliphatic carbocycles. The fourth-order valence-corrected chi connectivity index (χ4v) is 4.30. The molecule has 30 heavy (non-hydrogen) atoms. The topological polar surface area (TPSA) is 49.4 Å². The van der Waals surface area contributed by atoms with Crippen LogP contribution in [-0.4, -0.2) is 18.9 Å². The second-order valence-electron chi connectivity index (χ2n) is 9.71. The van der Waals surface area contributed by atoms with Crippen LogP contribution < -0.4 is 10.2 Å². The minimum absolute atomic E-state index is 0.0842. The molecule has 0 aromatic heterocycles. The molecule has 1 aromatic carbocycles. The summed E-state index contributed by atoms with van der Waals surface area (Å²) in [5.41, 5.74) is 4.75. The average molecular weight is 415 g/mol. The van der Waals surface area contributed by atoms with E-state index in [0.29, 0.717) is 12.8 Å². The van der Waals surface area contributed by atoms with Crippen LogP contribution in [0, 0.1) is 19.3 Å². The van der Waals surface area contributed by atoms with Crippen LogP contribution in [0.25, 0.3) is 0 Å². The van der Waals surface area contributed by atoms with Crippen molar-refractivity contribution < 1.29 is 9.59 Å². The third-order valence-corrected chi connectivity index (χ3v) is 6.76. The molecule has 1 aliphatic heterocycles. The van der Waals surface area contributed by atoms with Gasteiger partial charge in [0.2, 0.25) is 11.8 Å². The molecule has 2 amide bonds. The number of carbonyl (C=O) groups is 2. The zero-order valence-electron chi connectivity index (χ0n) is 20.1. The van der Waals surface area contributed by atoms with Crippen molar-refractivity contribution in [3.05, 3.63) is 22.8 Å². The maximum absolute atomic E-state index is 13.2. The van der Waals surface area contributed by atoms with Gasteiger partial charge >= 0.3 is 0 Å². The van der Waals surface area contributed by atoms with Crippen molar-refractivity contribution >= 4 is 23.2 Å². The number of fused-ring (bicyclic) bond motifs is 1. The second-order valence-corrected chi connectivity index (χ2v) is 9.71. The fourth-order valence-electron chi connectivity index (χ4n) is 4.30. The van der Waals surface area contributed by atoms with Crippen LogP contribution in [0.1, 0.15) is 102 Å². The lowest BCUT2D eigenvalue weighted by molar-refractivity contribution is -0.124. The van der Waals surface area contributed by atoms with Gasteiger partial charge in [-0.2, -0.15) is 0 Å². The molecule has 0 saturated heterocycles. The van der Waals surface area contributed by atoms with Crippen molar-refractivity contribution in [1.29, 1.82) is 0 Å². The van der Waals surface area contributed by atoms with E-state index in [1.165, 1.54) is 44.9 Å². The van der Waals surface area contributed by atoms with Crippen LogP contribution in [0.4, 0.5) is 11.4 Å². The summed E-state index contributed by atoms with van der Waals surface area (Å²) in [6.07, 6.45) is 12.3. The Labute approximate surface area is 183 Å². The Bertz CT molecular complexity index is 752. The van der Waals surface area contributed by atoms with Gasteiger partial charge in [-0.25, -0.2) is 0 Å². The molecule has 0 radical (unpaired) electrons. The summed E-state index contributed by atoms with van der Waals surface area (Å²) in [4.78, 5) is 27.0. The van der Waals surface area contributed by atoms with Crippen molar-refractivity contribution in [3.8, 4) is 0 Å². The molecule has 0 saturated carbocycles. The van der Waals surface area contributed by atoms with Gasteiger partial charge in [0, 0.05) is 35.8 Å². The van der Waals surface area contributed by atoms with Gasteiger partial charge in [0.1, 0.15) is 0 Å². The number of carbonyl (C=O) groups excluding carboxylic acids is 2. The minimum atomic E-state index is -0.401. The highest BCUT2D eigenvalue weighted by Crippen LogP contribution is 2.38. The molecule has 1 aliphatic rings. The van der Waals surface area contributed by atoms with Crippen molar-refractivity contribution in [3.63, 3.8) is 0 Å². The SMILES string of the molecule is CCCCCCCCCCC(C)(C)C(=O)Nc1c(C)c(C)cc2c1CCC(=O)N2C. The molecule has 0 unspecified atom stereocenters. The third-order valence-electron chi connectivity index (χ3n) is 6.76. The van der Waals surface area contributed by atoms with E-state index in [4.69, 9.17) is 0 Å². The monoisotopic (exact) mass is 414 g/mol. The van der Waals surface area contributed by atoms with Gasteiger partial charge in [-0.05, 0) is 43.9 Å². The summed E-state index contributed by atoms with van der Waals surface area (Å²) in [5.74, 6) is 0.221. The van der Waals surface area contributed by atoms with Crippen LogP contribution >= 0.6 is 0 Å². The van der Waals surface area contributed by atoms with Gasteiger partial charge < -0.3 is 10.2 Å². The van der Waals surface area contributed by atoms with Gasteiger partial charge in [0.05, 0.1) is 0 Å². The van der Waals surface area contributed by atoms with E-state index in [-0.39, 0.29) is 11.8 Å². The largest absolute Gasteiger partial charge is 0.325 e. The number of hydrogen-bond acceptors (Lipinski definition) is 2. The van der Waals surface area contributed by atoms with Crippen LogP contribution in [0.15, 0.2) is 6.07 Å². The molecular weight excluding hydrogens is 372 g/mol. The van der Waals surface area contributed by atoms with Crippen LogP contribution in [0.5, 0.6) is 0 Å². The number of hydrogen-bond donors (Lipinski definition) is 1. The Hall–Kier alpha value is -1.84. The van der Waals surface area contributed by atoms with Crippen molar-refractivity contribution in [2.75, 3.05) is 17.3 Å². The first kappa shape index (κ1) is 24.4. The highest BCUT2D eigenvalue weighted by Gasteiger charge is 2.30. The highest BCUT2D eigenvalue weighted by atomic mass is 16.2. The summed E-state index contributed by atoms with van der Waals surface area (Å²) in [7, 11) is 1.83. The van der Waals surface area contributed by atoms with E-state index < -0.39 is 5.41 Å². The van der Waals surface area contributed by atoms with Crippen LogP contribution in [-0.2, 0) is 16.0 Å². The number of anilines is 2. The van der Waals surface area contributed by atoms with E-state index >= 15 is 0 Å². The molecule has 4 heteroatoms. The molecule has 0 atom stereocenters. The Balaban J connectivity index is 1.98. The zero-order chi connectivity index (χ0) is 22.3. The van der Waals surface area contributed by atoms with Crippen molar-refractivity contribution in [2.45, 2.75) is 105 Å². The molecule has 0 spiro atoms. The second kappa shape index (κ2) is 11.0. The van der Waals surface area contributed by atoms with Gasteiger partial charge in [-0.15, -0.1) is 0 Å². The number of amides is 2. The van der Waals surface area contributed by atoms with Gasteiger partial charge in [0.15, 0.2) is 0 Å². The summed E-state index contributed by atoms with van der Waals surface area (Å²) < 4.78 is 0. The third kappa shape index (κ3) is 6.09. The molecule has 4 nitrogen and oxygen atoms in total. The quantitative estimate of drug-likeness (QED) is 0.409. The van der Waals surface area contributed by atoms with Crippen molar-refractivity contribution in [2.24, 2.45) is 5.41 Å². The molecule has 1 heterocycles. The first-order valence-electron chi connectivity index (χ1n) is 11.9. The molecule has 0 bridgehead atoms. The van der Waals surface area contributed by atoms with Crippen molar-refractivity contribution in [1.82, 2.24) is 0 Å². The lowest BCUT2D eigenvalue weighted by Gasteiger charge is -2.31. The average Bonchev–Trinajstić information content (AvgIpc) is 2.70. The Morgan fingerprint density at radius 1 is 1.03 bits per heavy atom. The van der Waals surface area contributed by atoms with Gasteiger partial charge in [-0.3, -0.25) is 9.59 Å². The predicted octanol–water partition coefficient (Wildman–Crippen LogP) is 6.71. The number of nitrogens with zero attached hydrogens (tertiary/aromatic N) is 1. The van der Waals surface area contributed by atoms with E-state index in [1.807, 2.05) is 14.0 Å². The van der Waals surface area contributed by atoms with E-state index in [0.717, 1.165) is 40.9 Å². The summed E-state index contributed by atoms with van der Waals surface area (Å²) >= 11 is 0. The summed E-state index contributed by atoms with van der Waals surface area (Å²) in [6.45, 7) is 10.5. The molecule has 0 fully saturated rings. The number of rotatable bonds is 11. The highest BCUT2D eigenvalue weighted by molar-refractivity contribution is 6.01. The van der Waals surface area contributed by atoms with Crippen LogP contribution in [0.3, 0.4) is 0 Å². The zero-order valence-corrected chi connectivity index (χ0v) is 20.1. The predicted molar refractivity (Wildman–Crippen MR) is 127 cm³/mol. The lowest BCUT2D eigenvalue weighted by Crippen LogP contribution is -2.34. The minimum Gasteiger partial charge on any atom is -0.325 e. The standard InChI is InChI=1S/C26H42N2O2/c1-7-8-9-10-11-12-13-14-17-26(4,5)25(30)27-24-20(3)19(2)18-22-21(24)15-16-23(29)28(22)6/h18H,7-17H2,1-6H3,(H,27,30). The Morgan fingerprint density at radius 2 is 1.63 bits per heavy atom. The fraction of sp³-hybridized carbons (Fsp3) is 0.692. The molecule has 168 valence electrons. The van der Waals surface area contributed by atoms with Crippen LogP contribution in [0.2, 0.25) is 0 Å². The molecule has 1 N–H and O–H groups in total. The normalized spacial score (nSPS) is 14.1. The maximum atomic E-state index is 13.2. The maximum Gasteiger partial charge on any atom is 0.230 e. The van der Waals surface area contributed by atoms with E-state index in [1.54, 1.807) is 4.90 Å². The molecule has 1 aromatic rings. The van der Waals surface area contributed by atoms with E-state index in [2.05, 4.69) is 39.1 Å². The summed E-state index contributed by atoms with van der Waals surface area (Å²) in [6, 6.07) is 2.07. The molecular formula is C26H42N2O2. The Morgan fingerprint density at radius 3 is 2.27 bits per heavy atom. The first-order valence-corrected chi connectivity index (χ1v) is 11.9. The first-order chi connectivity index (χ1) is 14.2. The smallest absolute Gasteiger partial charge is 0.230 e. The Kier molecular flexibility index (Phi) is 8.93. The van der Waals surface area contributed by atoms with Gasteiger partial charge in [0.25, 0.3) is 0 Å². The number of nitrogens with one attached hydrogen (secondary N) is 1. The van der Waals surface area contributed by atoms with E-state index in [9.17, 15) is 9.59 Å². The van der Waals surface area contributed by atoms with Gasteiger partial charge in [-0.1, -0.05) is 72.1 Å². The lowest BCUT2D eigenvalue weighted by atomic mass is 9.85. The number of benzene rings is 1.